The number of nitrogens with one attached hydrogen (secondary N) is 1. The van der Waals surface area contributed by atoms with Crippen LogP contribution in [0.3, 0.4) is 0 Å². The van der Waals surface area contributed by atoms with Crippen LogP contribution in [-0.2, 0) is 6.54 Å². The van der Waals surface area contributed by atoms with Crippen molar-refractivity contribution in [3.05, 3.63) is 77.5 Å². The van der Waals surface area contributed by atoms with Gasteiger partial charge in [0.1, 0.15) is 23.2 Å². The molecule has 0 saturated carbocycles. The third-order valence-corrected chi connectivity index (χ3v) is 5.03. The lowest BCUT2D eigenvalue weighted by atomic mass is 10.1. The van der Waals surface area contributed by atoms with Crippen LogP contribution in [0.4, 0.5) is 5.82 Å². The second-order valence-electron chi connectivity index (χ2n) is 7.13. The molecule has 2 aromatic carbocycles. The van der Waals surface area contributed by atoms with Crippen LogP contribution in [0.1, 0.15) is 35.9 Å². The zero-order valence-corrected chi connectivity index (χ0v) is 17.2. The van der Waals surface area contributed by atoms with Gasteiger partial charge in [0.15, 0.2) is 0 Å². The molecule has 0 saturated heterocycles. The Morgan fingerprint density at radius 2 is 1.76 bits per heavy atom. The van der Waals surface area contributed by atoms with Crippen molar-refractivity contribution in [2.24, 2.45) is 0 Å². The Kier molecular flexibility index (Phi) is 5.16. The fraction of sp³-hybridized carbons (Fsp3) is 0.261. The molecule has 0 bridgehead atoms. The van der Waals surface area contributed by atoms with Crippen LogP contribution in [0.5, 0.6) is 5.75 Å². The van der Waals surface area contributed by atoms with E-state index in [-0.39, 0.29) is 6.04 Å². The quantitative estimate of drug-likeness (QED) is 0.521. The van der Waals surface area contributed by atoms with Gasteiger partial charge < -0.3 is 14.6 Å². The summed E-state index contributed by atoms with van der Waals surface area (Å²) >= 11 is 0. The number of nitrogens with zero attached hydrogens (tertiary/aromatic N) is 4. The fourth-order valence-corrected chi connectivity index (χ4v) is 3.67. The van der Waals surface area contributed by atoms with Gasteiger partial charge in [0, 0.05) is 11.6 Å². The van der Waals surface area contributed by atoms with E-state index in [1.165, 1.54) is 0 Å². The Bertz CT molecular complexity index is 1150. The summed E-state index contributed by atoms with van der Waals surface area (Å²) in [6.07, 6.45) is 0. The van der Waals surface area contributed by atoms with E-state index in [1.54, 1.807) is 7.11 Å². The summed E-state index contributed by atoms with van der Waals surface area (Å²) in [7, 11) is 1.69. The summed E-state index contributed by atoms with van der Waals surface area (Å²) in [5.41, 5.74) is 4.14. The van der Waals surface area contributed by atoms with Crippen LogP contribution in [-0.4, -0.2) is 26.6 Å². The number of hydrogen-bond acceptors (Lipinski definition) is 5. The average molecular weight is 387 g/mol. The molecule has 0 spiro atoms. The standard InChI is InChI=1S/C23H25N5O/c1-15(19-9-5-8-12-22(19)29-4)24-23-13-18(25-16(2)26-23)14-28-17(3)27-20-10-6-7-11-21(20)28/h5-13,15H,14H2,1-4H3,(H,24,25,26). The van der Waals surface area contributed by atoms with Crippen molar-refractivity contribution in [2.45, 2.75) is 33.4 Å². The fourth-order valence-electron chi connectivity index (χ4n) is 3.67. The zero-order chi connectivity index (χ0) is 20.4. The molecule has 1 unspecified atom stereocenters. The first-order valence-corrected chi connectivity index (χ1v) is 9.71. The highest BCUT2D eigenvalue weighted by atomic mass is 16.5. The minimum atomic E-state index is 0.0455. The molecular formula is C23H25N5O. The van der Waals surface area contributed by atoms with E-state index in [0.717, 1.165) is 45.5 Å². The third kappa shape index (κ3) is 3.92. The highest BCUT2D eigenvalue weighted by Crippen LogP contribution is 2.27. The van der Waals surface area contributed by atoms with Crippen LogP contribution in [0, 0.1) is 13.8 Å². The van der Waals surface area contributed by atoms with Crippen LogP contribution in [0.25, 0.3) is 11.0 Å². The maximum absolute atomic E-state index is 5.49. The summed E-state index contributed by atoms with van der Waals surface area (Å²) in [5.74, 6) is 3.37. The Morgan fingerprint density at radius 3 is 2.59 bits per heavy atom. The second kappa shape index (κ2) is 7.91. The Balaban J connectivity index is 1.62. The van der Waals surface area contributed by atoms with E-state index in [0.29, 0.717) is 6.54 Å². The van der Waals surface area contributed by atoms with Crippen LogP contribution in [0.2, 0.25) is 0 Å². The third-order valence-electron chi connectivity index (χ3n) is 5.03. The Labute approximate surface area is 170 Å². The SMILES string of the molecule is COc1ccccc1C(C)Nc1cc(Cn2c(C)nc3ccccc32)nc(C)n1. The monoisotopic (exact) mass is 387 g/mol. The number of ether oxygens (including phenoxy) is 1. The maximum Gasteiger partial charge on any atom is 0.130 e. The first-order valence-electron chi connectivity index (χ1n) is 9.71. The number of benzene rings is 2. The van der Waals surface area contributed by atoms with E-state index in [2.05, 4.69) is 43.9 Å². The highest BCUT2D eigenvalue weighted by Gasteiger charge is 2.13. The molecule has 4 aromatic rings. The minimum Gasteiger partial charge on any atom is -0.496 e. The largest absolute Gasteiger partial charge is 0.496 e. The second-order valence-corrected chi connectivity index (χ2v) is 7.13. The number of aryl methyl sites for hydroxylation is 2. The predicted octanol–water partition coefficient (Wildman–Crippen LogP) is 4.67. The topological polar surface area (TPSA) is 64.9 Å². The molecule has 0 aliphatic rings. The van der Waals surface area contributed by atoms with Gasteiger partial charge in [-0.15, -0.1) is 0 Å². The summed E-state index contributed by atoms with van der Waals surface area (Å²) < 4.78 is 7.68. The first-order chi connectivity index (χ1) is 14.0. The van der Waals surface area contributed by atoms with Crippen molar-refractivity contribution in [3.8, 4) is 5.75 Å². The van der Waals surface area contributed by atoms with Gasteiger partial charge in [-0.3, -0.25) is 0 Å². The lowest BCUT2D eigenvalue weighted by molar-refractivity contribution is 0.408. The average Bonchev–Trinajstić information content (AvgIpc) is 3.02. The molecule has 2 aromatic heterocycles. The van der Waals surface area contributed by atoms with Gasteiger partial charge in [-0.05, 0) is 39.0 Å². The molecular weight excluding hydrogens is 362 g/mol. The number of anilines is 1. The number of hydrogen-bond donors (Lipinski definition) is 1. The minimum absolute atomic E-state index is 0.0455. The molecule has 1 atom stereocenters. The first kappa shape index (κ1) is 18.9. The molecule has 4 rings (SSSR count). The Hall–Kier alpha value is -3.41. The van der Waals surface area contributed by atoms with Crippen molar-refractivity contribution in [1.82, 2.24) is 19.5 Å². The van der Waals surface area contributed by atoms with Gasteiger partial charge in [0.2, 0.25) is 0 Å². The predicted molar refractivity (Wildman–Crippen MR) is 115 cm³/mol. The van der Waals surface area contributed by atoms with Gasteiger partial charge in [0.25, 0.3) is 0 Å². The molecule has 0 aliphatic carbocycles. The van der Waals surface area contributed by atoms with E-state index in [4.69, 9.17) is 4.74 Å². The number of para-hydroxylation sites is 3. The molecule has 0 fully saturated rings. The smallest absolute Gasteiger partial charge is 0.130 e. The summed E-state index contributed by atoms with van der Waals surface area (Å²) in [4.78, 5) is 13.9. The van der Waals surface area contributed by atoms with Crippen molar-refractivity contribution in [3.63, 3.8) is 0 Å². The molecule has 29 heavy (non-hydrogen) atoms. The van der Waals surface area contributed by atoms with E-state index < -0.39 is 0 Å². The summed E-state index contributed by atoms with van der Waals surface area (Å²) in [6.45, 7) is 6.69. The number of fused-ring (bicyclic) bond motifs is 1. The number of methoxy groups -OCH3 is 1. The zero-order valence-electron chi connectivity index (χ0n) is 17.2. The maximum atomic E-state index is 5.49. The van der Waals surface area contributed by atoms with Crippen LogP contribution in [0.15, 0.2) is 54.6 Å². The molecule has 0 amide bonds. The molecule has 2 heterocycles. The molecule has 0 radical (unpaired) electrons. The van der Waals surface area contributed by atoms with Gasteiger partial charge in [-0.25, -0.2) is 15.0 Å². The molecule has 1 N–H and O–H groups in total. The summed E-state index contributed by atoms with van der Waals surface area (Å²) in [5, 5.41) is 3.49. The lowest BCUT2D eigenvalue weighted by Crippen LogP contribution is -2.12. The number of rotatable bonds is 6. The normalized spacial score (nSPS) is 12.1. The highest BCUT2D eigenvalue weighted by molar-refractivity contribution is 5.75. The van der Waals surface area contributed by atoms with Crippen molar-refractivity contribution < 1.29 is 4.74 Å². The van der Waals surface area contributed by atoms with E-state index >= 15 is 0 Å². The van der Waals surface area contributed by atoms with Crippen LogP contribution < -0.4 is 10.1 Å². The Morgan fingerprint density at radius 1 is 1.00 bits per heavy atom. The number of aromatic nitrogens is 4. The van der Waals surface area contributed by atoms with E-state index in [1.807, 2.05) is 56.3 Å². The summed E-state index contributed by atoms with van der Waals surface area (Å²) in [6, 6.07) is 18.2. The number of imidazole rings is 1. The van der Waals surface area contributed by atoms with Crippen molar-refractivity contribution in [2.75, 3.05) is 12.4 Å². The van der Waals surface area contributed by atoms with Crippen molar-refractivity contribution >= 4 is 16.9 Å². The van der Waals surface area contributed by atoms with Crippen molar-refractivity contribution in [1.29, 1.82) is 0 Å². The van der Waals surface area contributed by atoms with Gasteiger partial charge in [-0.2, -0.15) is 0 Å². The van der Waals surface area contributed by atoms with Gasteiger partial charge in [0.05, 0.1) is 36.4 Å². The van der Waals surface area contributed by atoms with Gasteiger partial charge >= 0.3 is 0 Å². The lowest BCUT2D eigenvalue weighted by Gasteiger charge is -2.18. The molecule has 6 nitrogen and oxygen atoms in total. The van der Waals surface area contributed by atoms with Crippen LogP contribution >= 0.6 is 0 Å². The molecule has 6 heteroatoms. The molecule has 0 aliphatic heterocycles. The molecule has 148 valence electrons. The van der Waals surface area contributed by atoms with Gasteiger partial charge in [-0.1, -0.05) is 30.3 Å². The van der Waals surface area contributed by atoms with E-state index in [9.17, 15) is 0 Å².